The van der Waals surface area contributed by atoms with Crippen molar-refractivity contribution in [2.24, 2.45) is 11.8 Å². The van der Waals surface area contributed by atoms with Gasteiger partial charge in [-0.25, -0.2) is 0 Å². The zero-order valence-electron chi connectivity index (χ0n) is 10.4. The Morgan fingerprint density at radius 2 is 2.19 bits per heavy atom. The van der Waals surface area contributed by atoms with E-state index in [0.29, 0.717) is 11.8 Å². The lowest BCUT2D eigenvalue weighted by Crippen LogP contribution is -2.41. The van der Waals surface area contributed by atoms with E-state index >= 15 is 0 Å². The molecule has 3 atom stereocenters. The summed E-state index contributed by atoms with van der Waals surface area (Å²) in [4.78, 5) is 4.17. The number of nitrogens with zero attached hydrogens (tertiary/aromatic N) is 1. The zero-order chi connectivity index (χ0) is 11.8. The monoisotopic (exact) mass is 219 g/mol. The van der Waals surface area contributed by atoms with Crippen LogP contribution >= 0.6 is 0 Å². The number of hydrogen-bond acceptors (Lipinski definition) is 2. The Kier molecular flexibility index (Phi) is 3.02. The minimum absolute atomic E-state index is 0.309. The summed E-state index contributed by atoms with van der Waals surface area (Å²) in [6, 6.07) is 1.99. The third-order valence-electron chi connectivity index (χ3n) is 4.33. The summed E-state index contributed by atoms with van der Waals surface area (Å²) in [5.41, 5.74) is 1.50. The Labute approximate surface area is 97.7 Å². The summed E-state index contributed by atoms with van der Waals surface area (Å²) >= 11 is 0. The molecule has 1 aliphatic rings. The fraction of sp³-hybridized carbons (Fsp3) is 0.643. The molecule has 0 aromatic carbocycles. The van der Waals surface area contributed by atoms with E-state index in [-0.39, 0.29) is 0 Å². The number of rotatable bonds is 1. The van der Waals surface area contributed by atoms with Crippen molar-refractivity contribution in [1.29, 1.82) is 0 Å². The Balaban J connectivity index is 2.41. The number of aromatic nitrogens is 1. The molecule has 0 amide bonds. The quantitative estimate of drug-likeness (QED) is 0.787. The maximum Gasteiger partial charge on any atom is 0.0941 e. The molecule has 1 aromatic heterocycles. The third kappa shape index (κ3) is 1.75. The van der Waals surface area contributed by atoms with E-state index in [1.54, 1.807) is 6.20 Å². The number of aliphatic hydroxyl groups is 1. The van der Waals surface area contributed by atoms with Crippen molar-refractivity contribution in [1.82, 2.24) is 4.98 Å². The second kappa shape index (κ2) is 4.17. The normalized spacial score (nSPS) is 35.0. The molecule has 0 aliphatic heterocycles. The highest BCUT2D eigenvalue weighted by Gasteiger charge is 2.41. The molecule has 1 fully saturated rings. The predicted molar refractivity (Wildman–Crippen MR) is 65.0 cm³/mol. The Morgan fingerprint density at radius 1 is 1.44 bits per heavy atom. The van der Waals surface area contributed by atoms with Crippen LogP contribution in [0.25, 0.3) is 0 Å². The molecule has 1 saturated carbocycles. The molecule has 0 saturated heterocycles. The minimum Gasteiger partial charge on any atom is -0.385 e. The number of pyridine rings is 1. The molecule has 16 heavy (non-hydrogen) atoms. The highest BCUT2D eigenvalue weighted by atomic mass is 16.3. The van der Waals surface area contributed by atoms with Crippen LogP contribution in [0.1, 0.15) is 44.2 Å². The first-order valence-electron chi connectivity index (χ1n) is 6.19. The Morgan fingerprint density at radius 3 is 2.88 bits per heavy atom. The van der Waals surface area contributed by atoms with Crippen molar-refractivity contribution >= 4 is 0 Å². The molecule has 1 heterocycles. The molecular formula is C14H21NO. The van der Waals surface area contributed by atoms with E-state index in [2.05, 4.69) is 25.8 Å². The largest absolute Gasteiger partial charge is 0.385 e. The van der Waals surface area contributed by atoms with Gasteiger partial charge in [0.05, 0.1) is 5.60 Å². The zero-order valence-corrected chi connectivity index (χ0v) is 10.4. The van der Waals surface area contributed by atoms with Crippen LogP contribution in [0.15, 0.2) is 18.5 Å². The average molecular weight is 219 g/mol. The summed E-state index contributed by atoms with van der Waals surface area (Å²) in [6.07, 6.45) is 6.83. The van der Waals surface area contributed by atoms with E-state index < -0.39 is 5.60 Å². The van der Waals surface area contributed by atoms with Gasteiger partial charge in [-0.05, 0) is 43.2 Å². The van der Waals surface area contributed by atoms with Crippen LogP contribution in [0, 0.1) is 18.8 Å². The first kappa shape index (κ1) is 11.6. The SMILES string of the molecule is Cc1ccncc1C1(O)CCCC(C)C1C. The summed E-state index contributed by atoms with van der Waals surface area (Å²) < 4.78 is 0. The smallest absolute Gasteiger partial charge is 0.0941 e. The van der Waals surface area contributed by atoms with Gasteiger partial charge in [-0.15, -0.1) is 0 Å². The van der Waals surface area contributed by atoms with E-state index in [4.69, 9.17) is 0 Å². The minimum atomic E-state index is -0.671. The molecule has 1 aromatic rings. The average Bonchev–Trinajstić information content (AvgIpc) is 2.26. The van der Waals surface area contributed by atoms with Gasteiger partial charge in [0.2, 0.25) is 0 Å². The lowest BCUT2D eigenvalue weighted by Gasteiger charge is -2.42. The molecule has 1 aliphatic carbocycles. The molecule has 1 N–H and O–H groups in total. The lowest BCUT2D eigenvalue weighted by molar-refractivity contribution is -0.0695. The van der Waals surface area contributed by atoms with Crippen LogP contribution in [-0.2, 0) is 5.60 Å². The van der Waals surface area contributed by atoms with Crippen LogP contribution in [0.5, 0.6) is 0 Å². The predicted octanol–water partition coefficient (Wildman–Crippen LogP) is 3.03. The van der Waals surface area contributed by atoms with Crippen molar-refractivity contribution < 1.29 is 5.11 Å². The van der Waals surface area contributed by atoms with E-state index in [9.17, 15) is 5.11 Å². The van der Waals surface area contributed by atoms with Crippen LogP contribution in [0.2, 0.25) is 0 Å². The van der Waals surface area contributed by atoms with E-state index in [1.807, 2.05) is 12.3 Å². The Bertz CT molecular complexity index is 377. The maximum absolute atomic E-state index is 10.9. The maximum atomic E-state index is 10.9. The molecule has 88 valence electrons. The second-order valence-corrected chi connectivity index (χ2v) is 5.27. The topological polar surface area (TPSA) is 33.1 Å². The number of hydrogen-bond donors (Lipinski definition) is 1. The van der Waals surface area contributed by atoms with Gasteiger partial charge in [0.25, 0.3) is 0 Å². The van der Waals surface area contributed by atoms with Crippen molar-refractivity contribution in [3.05, 3.63) is 29.6 Å². The summed E-state index contributed by atoms with van der Waals surface area (Å²) in [6.45, 7) is 6.46. The fourth-order valence-corrected chi connectivity index (χ4v) is 2.94. The van der Waals surface area contributed by atoms with Crippen molar-refractivity contribution in [3.8, 4) is 0 Å². The van der Waals surface area contributed by atoms with Gasteiger partial charge in [-0.2, -0.15) is 0 Å². The summed E-state index contributed by atoms with van der Waals surface area (Å²) in [5, 5.41) is 10.9. The van der Waals surface area contributed by atoms with Gasteiger partial charge in [0.15, 0.2) is 0 Å². The number of aryl methyl sites for hydroxylation is 1. The third-order valence-corrected chi connectivity index (χ3v) is 4.33. The fourth-order valence-electron chi connectivity index (χ4n) is 2.94. The van der Waals surface area contributed by atoms with Crippen molar-refractivity contribution in [2.75, 3.05) is 0 Å². The molecule has 2 nitrogen and oxygen atoms in total. The molecule has 3 unspecified atom stereocenters. The second-order valence-electron chi connectivity index (χ2n) is 5.27. The summed E-state index contributed by atoms with van der Waals surface area (Å²) in [5.74, 6) is 0.891. The highest BCUT2D eigenvalue weighted by molar-refractivity contribution is 5.29. The van der Waals surface area contributed by atoms with Crippen LogP contribution in [0.4, 0.5) is 0 Å². The first-order valence-corrected chi connectivity index (χ1v) is 6.19. The van der Waals surface area contributed by atoms with Crippen molar-refractivity contribution in [3.63, 3.8) is 0 Å². The first-order chi connectivity index (χ1) is 7.55. The van der Waals surface area contributed by atoms with Crippen molar-refractivity contribution in [2.45, 2.75) is 45.6 Å². The molecule has 0 bridgehead atoms. The van der Waals surface area contributed by atoms with Gasteiger partial charge in [0.1, 0.15) is 0 Å². The van der Waals surface area contributed by atoms with Gasteiger partial charge in [0, 0.05) is 18.0 Å². The van der Waals surface area contributed by atoms with Gasteiger partial charge >= 0.3 is 0 Å². The lowest BCUT2D eigenvalue weighted by atomic mass is 9.67. The van der Waals surface area contributed by atoms with E-state index in [0.717, 1.165) is 24.0 Å². The molecule has 2 rings (SSSR count). The Hall–Kier alpha value is -0.890. The van der Waals surface area contributed by atoms with E-state index in [1.165, 1.54) is 6.42 Å². The molecular weight excluding hydrogens is 198 g/mol. The molecule has 0 spiro atoms. The van der Waals surface area contributed by atoms with Gasteiger partial charge in [-0.1, -0.05) is 20.3 Å². The molecule has 0 radical (unpaired) electrons. The molecule has 2 heteroatoms. The van der Waals surface area contributed by atoms with Gasteiger partial charge in [-0.3, -0.25) is 4.98 Å². The van der Waals surface area contributed by atoms with Crippen LogP contribution in [-0.4, -0.2) is 10.1 Å². The summed E-state index contributed by atoms with van der Waals surface area (Å²) in [7, 11) is 0. The van der Waals surface area contributed by atoms with Crippen LogP contribution < -0.4 is 0 Å². The standard InChI is InChI=1S/C14H21NO/c1-10-5-4-7-14(16,12(10)3)13-9-15-8-6-11(13)2/h6,8-10,12,16H,4-5,7H2,1-3H3. The van der Waals surface area contributed by atoms with Crippen LogP contribution in [0.3, 0.4) is 0 Å². The van der Waals surface area contributed by atoms with Gasteiger partial charge < -0.3 is 5.11 Å². The highest BCUT2D eigenvalue weighted by Crippen LogP contribution is 2.44.